The monoisotopic (exact) mass is 449 g/mol. The van der Waals surface area contributed by atoms with Crippen LogP contribution in [0.3, 0.4) is 0 Å². The normalized spacial score (nSPS) is 11.8. The quantitative estimate of drug-likeness (QED) is 0.372. The van der Waals surface area contributed by atoms with E-state index in [2.05, 4.69) is 5.32 Å². The molecule has 4 nitrogen and oxygen atoms in total. The summed E-state index contributed by atoms with van der Waals surface area (Å²) in [6, 6.07) is 23.1. The second-order valence-electron chi connectivity index (χ2n) is 7.19. The maximum atomic E-state index is 13.9. The fourth-order valence-corrected chi connectivity index (χ4v) is 4.05. The van der Waals surface area contributed by atoms with E-state index in [0.29, 0.717) is 5.75 Å². The summed E-state index contributed by atoms with van der Waals surface area (Å²) in [5, 5.41) is 6.60. The number of benzene rings is 3. The molecule has 7 heteroatoms. The maximum Gasteiger partial charge on any atom is 0.237 e. The largest absolute Gasteiger partial charge is 0.320 e. The Morgan fingerprint density at radius 2 is 1.59 bits per heavy atom. The van der Waals surface area contributed by atoms with Crippen LogP contribution in [0.5, 0.6) is 0 Å². The molecule has 0 aliphatic rings. The minimum atomic E-state index is -0.800. The van der Waals surface area contributed by atoms with Gasteiger partial charge in [0.1, 0.15) is 17.3 Å². The molecular formula is C25H21F2N3OS. The van der Waals surface area contributed by atoms with E-state index >= 15 is 0 Å². The Hall–Kier alpha value is -3.45. The summed E-state index contributed by atoms with van der Waals surface area (Å²) in [6.07, 6.45) is 1.95. The number of carbonyl (C=O) groups is 1. The summed E-state index contributed by atoms with van der Waals surface area (Å²) in [7, 11) is 0. The van der Waals surface area contributed by atoms with E-state index in [0.717, 1.165) is 34.6 Å². The number of carbonyl (C=O) groups excluding carboxylic acids is 1. The van der Waals surface area contributed by atoms with E-state index in [-0.39, 0.29) is 0 Å². The number of para-hydroxylation sites is 2. The smallest absolute Gasteiger partial charge is 0.237 e. The zero-order chi connectivity index (χ0) is 22.5. The number of amides is 1. The van der Waals surface area contributed by atoms with Crippen LogP contribution in [-0.4, -0.2) is 20.9 Å². The maximum absolute atomic E-state index is 13.9. The average Bonchev–Trinajstić information content (AvgIpc) is 3.25. The van der Waals surface area contributed by atoms with Crippen molar-refractivity contribution >= 4 is 23.4 Å². The van der Waals surface area contributed by atoms with Gasteiger partial charge in [-0.05, 0) is 31.2 Å². The van der Waals surface area contributed by atoms with Crippen LogP contribution in [0, 0.1) is 11.6 Å². The molecule has 0 saturated carbocycles. The molecule has 0 fully saturated rings. The van der Waals surface area contributed by atoms with E-state index in [9.17, 15) is 13.6 Å². The Balaban J connectivity index is 1.53. The van der Waals surface area contributed by atoms with Crippen molar-refractivity contribution in [2.75, 3.05) is 5.32 Å². The second kappa shape index (κ2) is 9.78. The van der Waals surface area contributed by atoms with Crippen molar-refractivity contribution in [1.29, 1.82) is 0 Å². The highest BCUT2D eigenvalue weighted by atomic mass is 32.2. The Labute approximate surface area is 189 Å². The van der Waals surface area contributed by atoms with Gasteiger partial charge in [-0.25, -0.2) is 13.5 Å². The molecule has 1 atom stereocenters. The number of hydrogen-bond acceptors (Lipinski definition) is 3. The molecule has 1 unspecified atom stereocenters. The summed E-state index contributed by atoms with van der Waals surface area (Å²) >= 11 is 1.38. The van der Waals surface area contributed by atoms with Gasteiger partial charge in [0.2, 0.25) is 5.91 Å². The molecule has 32 heavy (non-hydrogen) atoms. The molecule has 0 radical (unpaired) electrons. The predicted molar refractivity (Wildman–Crippen MR) is 125 cm³/mol. The van der Waals surface area contributed by atoms with Gasteiger partial charge in [-0.1, -0.05) is 54.6 Å². The summed E-state index contributed by atoms with van der Waals surface area (Å²) < 4.78 is 29.5. The van der Waals surface area contributed by atoms with Gasteiger partial charge in [0.15, 0.2) is 0 Å². The first-order valence-electron chi connectivity index (χ1n) is 10.1. The molecule has 0 saturated heterocycles. The summed E-state index contributed by atoms with van der Waals surface area (Å²) in [6.45, 7) is 1.71. The molecule has 4 rings (SSSR count). The topological polar surface area (TPSA) is 46.9 Å². The molecule has 0 spiro atoms. The Morgan fingerprint density at radius 1 is 0.969 bits per heavy atom. The summed E-state index contributed by atoms with van der Waals surface area (Å²) in [5.41, 5.74) is 3.27. The second-order valence-corrected chi connectivity index (χ2v) is 8.52. The van der Waals surface area contributed by atoms with Crippen LogP contribution in [0.15, 0.2) is 85.1 Å². The molecule has 3 aromatic carbocycles. The fraction of sp³-hybridized carbons (Fsp3) is 0.120. The lowest BCUT2D eigenvalue weighted by Crippen LogP contribution is -2.23. The van der Waals surface area contributed by atoms with Crippen LogP contribution in [-0.2, 0) is 10.5 Å². The highest BCUT2D eigenvalue weighted by molar-refractivity contribution is 7.99. The molecule has 1 heterocycles. The van der Waals surface area contributed by atoms with Crippen molar-refractivity contribution in [2.24, 2.45) is 0 Å². The van der Waals surface area contributed by atoms with Crippen LogP contribution in [0.1, 0.15) is 12.5 Å². The summed E-state index contributed by atoms with van der Waals surface area (Å²) in [5.74, 6) is -1.56. The van der Waals surface area contributed by atoms with Gasteiger partial charge >= 0.3 is 0 Å². The van der Waals surface area contributed by atoms with Crippen molar-refractivity contribution in [3.63, 3.8) is 0 Å². The van der Waals surface area contributed by atoms with Gasteiger partial charge in [-0.2, -0.15) is 5.10 Å². The van der Waals surface area contributed by atoms with Gasteiger partial charge < -0.3 is 5.32 Å². The number of nitrogens with one attached hydrogen (secondary N) is 1. The third kappa shape index (κ3) is 4.89. The van der Waals surface area contributed by atoms with Crippen LogP contribution < -0.4 is 5.32 Å². The molecule has 4 aromatic rings. The van der Waals surface area contributed by atoms with Crippen LogP contribution in [0.2, 0.25) is 0 Å². The van der Waals surface area contributed by atoms with Crippen LogP contribution in [0.25, 0.3) is 16.9 Å². The van der Waals surface area contributed by atoms with Gasteiger partial charge in [-0.15, -0.1) is 11.8 Å². The number of hydrogen-bond donors (Lipinski definition) is 1. The van der Waals surface area contributed by atoms with Crippen molar-refractivity contribution < 1.29 is 13.6 Å². The molecule has 0 bridgehead atoms. The molecule has 0 aliphatic heterocycles. The lowest BCUT2D eigenvalue weighted by atomic mass is 10.1. The van der Waals surface area contributed by atoms with Gasteiger partial charge in [0.25, 0.3) is 0 Å². The first-order valence-corrected chi connectivity index (χ1v) is 11.1. The van der Waals surface area contributed by atoms with Gasteiger partial charge in [0, 0.05) is 23.1 Å². The van der Waals surface area contributed by atoms with E-state index in [1.54, 1.807) is 6.92 Å². The first kappa shape index (κ1) is 21.8. The SMILES string of the molecule is CC(SCc1cn(-c2ccccc2)nc1-c1ccccc1)C(=O)Nc1c(F)cccc1F. The summed E-state index contributed by atoms with van der Waals surface area (Å²) in [4.78, 5) is 12.5. The van der Waals surface area contributed by atoms with E-state index in [4.69, 9.17) is 5.10 Å². The molecule has 1 aromatic heterocycles. The van der Waals surface area contributed by atoms with Crippen LogP contribution >= 0.6 is 11.8 Å². The Bertz CT molecular complexity index is 1190. The molecular weight excluding hydrogens is 428 g/mol. The lowest BCUT2D eigenvalue weighted by molar-refractivity contribution is -0.115. The number of rotatable bonds is 7. The van der Waals surface area contributed by atoms with Crippen LogP contribution in [0.4, 0.5) is 14.5 Å². The zero-order valence-electron chi connectivity index (χ0n) is 17.3. The average molecular weight is 450 g/mol. The minimum absolute atomic E-state index is 0.424. The Morgan fingerprint density at radius 3 is 2.25 bits per heavy atom. The lowest BCUT2D eigenvalue weighted by Gasteiger charge is -2.13. The van der Waals surface area contributed by atoms with Crippen molar-refractivity contribution in [3.05, 3.63) is 102 Å². The molecule has 0 aliphatic carbocycles. The van der Waals surface area contributed by atoms with E-state index in [1.165, 1.54) is 17.8 Å². The number of nitrogens with zero attached hydrogens (tertiary/aromatic N) is 2. The highest BCUT2D eigenvalue weighted by Gasteiger charge is 2.20. The van der Waals surface area contributed by atoms with Crippen molar-refractivity contribution in [3.8, 4) is 16.9 Å². The molecule has 162 valence electrons. The molecule has 1 amide bonds. The third-order valence-corrected chi connectivity index (χ3v) is 6.12. The molecule has 1 N–H and O–H groups in total. The standard InChI is InChI=1S/C25H21F2N3OS/c1-17(25(31)28-24-21(26)13-8-14-22(24)27)32-16-19-15-30(20-11-6-3-7-12-20)29-23(19)18-9-4-2-5-10-18/h2-15,17H,16H2,1H3,(H,28,31). The zero-order valence-corrected chi connectivity index (χ0v) is 18.2. The first-order chi connectivity index (χ1) is 15.5. The predicted octanol–water partition coefficient (Wildman–Crippen LogP) is 6.08. The Kier molecular flexibility index (Phi) is 6.66. The number of thioether (sulfide) groups is 1. The number of anilines is 1. The number of aromatic nitrogens is 2. The van der Waals surface area contributed by atoms with E-state index < -0.39 is 28.5 Å². The van der Waals surface area contributed by atoms with Crippen molar-refractivity contribution in [2.45, 2.75) is 17.9 Å². The van der Waals surface area contributed by atoms with Gasteiger partial charge in [-0.3, -0.25) is 4.79 Å². The van der Waals surface area contributed by atoms with Crippen molar-refractivity contribution in [1.82, 2.24) is 9.78 Å². The van der Waals surface area contributed by atoms with Gasteiger partial charge in [0.05, 0.1) is 16.6 Å². The van der Waals surface area contributed by atoms with E-state index in [1.807, 2.05) is 71.5 Å². The third-order valence-electron chi connectivity index (χ3n) is 4.93. The number of halogens is 2. The highest BCUT2D eigenvalue weighted by Crippen LogP contribution is 2.29. The fourth-order valence-electron chi connectivity index (χ4n) is 3.20. The minimum Gasteiger partial charge on any atom is -0.320 e.